The highest BCUT2D eigenvalue weighted by molar-refractivity contribution is 6.17. The lowest BCUT2D eigenvalue weighted by atomic mass is 10.1. The van der Waals surface area contributed by atoms with Crippen LogP contribution < -0.4 is 4.74 Å². The number of nitrogens with zero attached hydrogens (tertiary/aromatic N) is 1. The summed E-state index contributed by atoms with van der Waals surface area (Å²) in [5.74, 6) is -4.05. The van der Waals surface area contributed by atoms with Gasteiger partial charge >= 0.3 is 18.5 Å². The third-order valence-electron chi connectivity index (χ3n) is 2.09. The molecular formula is C10H6ClF6NO3. The lowest BCUT2D eigenvalue weighted by Gasteiger charge is -2.18. The molecule has 1 rings (SSSR count). The molecule has 0 amide bonds. The van der Waals surface area contributed by atoms with Gasteiger partial charge in [-0.05, 0) is 11.6 Å². The van der Waals surface area contributed by atoms with Crippen LogP contribution in [0.25, 0.3) is 0 Å². The van der Waals surface area contributed by atoms with Gasteiger partial charge in [-0.15, -0.1) is 24.8 Å². The van der Waals surface area contributed by atoms with Crippen molar-refractivity contribution in [3.63, 3.8) is 0 Å². The maximum Gasteiger partial charge on any atom is 0.574 e. The van der Waals surface area contributed by atoms with E-state index in [2.05, 4.69) is 9.72 Å². The Balaban J connectivity index is 3.48. The van der Waals surface area contributed by atoms with Crippen LogP contribution in [0.2, 0.25) is 0 Å². The number of ether oxygens (including phenoxy) is 1. The predicted octanol–water partition coefficient (Wildman–Crippen LogP) is 3.36. The molecule has 0 aromatic carbocycles. The van der Waals surface area contributed by atoms with Crippen molar-refractivity contribution < 1.29 is 41.0 Å². The van der Waals surface area contributed by atoms with E-state index in [1.54, 1.807) is 0 Å². The molecule has 0 aliphatic carbocycles. The molecule has 0 fully saturated rings. The quantitative estimate of drug-likeness (QED) is 0.676. The first-order chi connectivity index (χ1) is 9.44. The number of carboxylic acids is 1. The molecule has 0 spiro atoms. The van der Waals surface area contributed by atoms with E-state index >= 15 is 0 Å². The monoisotopic (exact) mass is 337 g/mol. The summed E-state index contributed by atoms with van der Waals surface area (Å²) < 4.78 is 78.1. The van der Waals surface area contributed by atoms with Crippen molar-refractivity contribution in [3.05, 3.63) is 22.9 Å². The molecule has 11 heteroatoms. The number of halogens is 7. The number of carboxylic acid groups (broad SMARTS) is 1. The molecule has 1 aromatic rings. The average molecular weight is 338 g/mol. The van der Waals surface area contributed by atoms with Crippen molar-refractivity contribution in [1.82, 2.24) is 4.98 Å². The summed E-state index contributed by atoms with van der Waals surface area (Å²) in [7, 11) is 0. The van der Waals surface area contributed by atoms with Gasteiger partial charge < -0.3 is 9.84 Å². The SMILES string of the molecule is O=C(O)Cc1cc(CCl)c(C(F)(F)F)c(OC(F)(F)F)n1. The minimum atomic E-state index is -5.42. The molecule has 0 radical (unpaired) electrons. The van der Waals surface area contributed by atoms with Crippen molar-refractivity contribution in [2.75, 3.05) is 0 Å². The number of aromatic nitrogens is 1. The zero-order valence-electron chi connectivity index (χ0n) is 9.85. The van der Waals surface area contributed by atoms with Crippen LogP contribution in [0.3, 0.4) is 0 Å². The van der Waals surface area contributed by atoms with E-state index in [0.717, 1.165) is 0 Å². The summed E-state index contributed by atoms with van der Waals surface area (Å²) in [6.45, 7) is 0. The van der Waals surface area contributed by atoms with Crippen LogP contribution in [0.1, 0.15) is 16.8 Å². The minimum Gasteiger partial charge on any atom is -0.481 e. The smallest absolute Gasteiger partial charge is 0.481 e. The second-order valence-electron chi connectivity index (χ2n) is 3.70. The van der Waals surface area contributed by atoms with Gasteiger partial charge in [-0.3, -0.25) is 4.79 Å². The highest BCUT2D eigenvalue weighted by Crippen LogP contribution is 2.40. The Bertz CT molecular complexity index is 543. The molecule has 1 N–H and O–H groups in total. The van der Waals surface area contributed by atoms with E-state index < -0.39 is 53.5 Å². The third-order valence-corrected chi connectivity index (χ3v) is 2.38. The summed E-state index contributed by atoms with van der Waals surface area (Å²) in [6.07, 6.45) is -11.5. The van der Waals surface area contributed by atoms with Crippen LogP contribution in [0.5, 0.6) is 5.88 Å². The van der Waals surface area contributed by atoms with E-state index in [4.69, 9.17) is 16.7 Å². The second-order valence-corrected chi connectivity index (χ2v) is 3.97. The molecule has 1 heterocycles. The molecule has 0 saturated carbocycles. The third kappa shape index (κ3) is 4.96. The van der Waals surface area contributed by atoms with Gasteiger partial charge in [-0.2, -0.15) is 13.2 Å². The first kappa shape index (κ1) is 17.3. The van der Waals surface area contributed by atoms with E-state index in [0.29, 0.717) is 6.07 Å². The Morgan fingerprint density at radius 1 is 1.29 bits per heavy atom. The molecule has 21 heavy (non-hydrogen) atoms. The van der Waals surface area contributed by atoms with Gasteiger partial charge in [0.05, 0.1) is 12.1 Å². The highest BCUT2D eigenvalue weighted by Gasteiger charge is 2.42. The molecular weight excluding hydrogens is 332 g/mol. The predicted molar refractivity (Wildman–Crippen MR) is 56.8 cm³/mol. The summed E-state index contributed by atoms with van der Waals surface area (Å²) >= 11 is 5.28. The largest absolute Gasteiger partial charge is 0.574 e. The minimum absolute atomic E-state index is 0.537. The molecule has 118 valence electrons. The van der Waals surface area contributed by atoms with Gasteiger partial charge in [0.2, 0.25) is 5.88 Å². The molecule has 0 bridgehead atoms. The topological polar surface area (TPSA) is 59.4 Å². The highest BCUT2D eigenvalue weighted by atomic mass is 35.5. The normalized spacial score (nSPS) is 12.3. The Hall–Kier alpha value is -1.71. The molecule has 0 atom stereocenters. The van der Waals surface area contributed by atoms with Crippen LogP contribution in [-0.2, 0) is 23.3 Å². The van der Waals surface area contributed by atoms with Crippen molar-refractivity contribution in [2.45, 2.75) is 24.8 Å². The van der Waals surface area contributed by atoms with Crippen molar-refractivity contribution in [2.24, 2.45) is 0 Å². The van der Waals surface area contributed by atoms with Crippen molar-refractivity contribution in [1.29, 1.82) is 0 Å². The van der Waals surface area contributed by atoms with E-state index in [9.17, 15) is 31.1 Å². The number of pyridine rings is 1. The van der Waals surface area contributed by atoms with Crippen LogP contribution in [-0.4, -0.2) is 22.4 Å². The Morgan fingerprint density at radius 3 is 2.24 bits per heavy atom. The fourth-order valence-electron chi connectivity index (χ4n) is 1.47. The lowest BCUT2D eigenvalue weighted by molar-refractivity contribution is -0.278. The summed E-state index contributed by atoms with van der Waals surface area (Å²) in [5, 5.41) is 8.52. The van der Waals surface area contributed by atoms with E-state index in [1.807, 2.05) is 0 Å². The number of hydrogen-bond donors (Lipinski definition) is 1. The number of alkyl halides is 7. The van der Waals surface area contributed by atoms with Gasteiger partial charge in [0.15, 0.2) is 0 Å². The van der Waals surface area contributed by atoms with Gasteiger partial charge in [-0.25, -0.2) is 4.98 Å². The second kappa shape index (κ2) is 5.96. The fourth-order valence-corrected chi connectivity index (χ4v) is 1.68. The molecule has 0 aliphatic heterocycles. The fraction of sp³-hybridized carbons (Fsp3) is 0.400. The molecule has 1 aromatic heterocycles. The number of rotatable bonds is 4. The Kier molecular flexibility index (Phi) is 4.92. The zero-order valence-corrected chi connectivity index (χ0v) is 10.6. The zero-order chi connectivity index (χ0) is 16.4. The van der Waals surface area contributed by atoms with Gasteiger partial charge in [-0.1, -0.05) is 0 Å². The summed E-state index contributed by atoms with van der Waals surface area (Å²) in [4.78, 5) is 13.5. The molecule has 4 nitrogen and oxygen atoms in total. The standard InChI is InChI=1S/C10H6ClF6NO3/c11-3-4-1-5(2-6(19)20)18-8(21-10(15,16)17)7(4)9(12,13)14/h1H,2-3H2,(H,19,20). The van der Waals surface area contributed by atoms with Crippen LogP contribution in [0.15, 0.2) is 6.07 Å². The van der Waals surface area contributed by atoms with Crippen LogP contribution in [0, 0.1) is 0 Å². The maximum absolute atomic E-state index is 12.8. The van der Waals surface area contributed by atoms with Crippen molar-refractivity contribution >= 4 is 17.6 Å². The molecule has 0 saturated heterocycles. The van der Waals surface area contributed by atoms with Gasteiger partial charge in [0, 0.05) is 5.88 Å². The van der Waals surface area contributed by atoms with Crippen LogP contribution in [0.4, 0.5) is 26.3 Å². The summed E-state index contributed by atoms with van der Waals surface area (Å²) in [6, 6.07) is 0.674. The number of carbonyl (C=O) groups is 1. The Labute approximate surface area is 118 Å². The first-order valence-electron chi connectivity index (χ1n) is 5.07. The van der Waals surface area contributed by atoms with E-state index in [1.165, 1.54) is 0 Å². The number of hydrogen-bond acceptors (Lipinski definition) is 3. The van der Waals surface area contributed by atoms with Crippen molar-refractivity contribution in [3.8, 4) is 5.88 Å². The lowest BCUT2D eigenvalue weighted by Crippen LogP contribution is -2.23. The van der Waals surface area contributed by atoms with Crippen LogP contribution >= 0.6 is 11.6 Å². The first-order valence-corrected chi connectivity index (χ1v) is 5.61. The maximum atomic E-state index is 12.8. The average Bonchev–Trinajstić information content (AvgIpc) is 2.22. The summed E-state index contributed by atoms with van der Waals surface area (Å²) in [5.41, 5.74) is -3.08. The Morgan fingerprint density at radius 2 is 1.86 bits per heavy atom. The van der Waals surface area contributed by atoms with Gasteiger partial charge in [0.1, 0.15) is 5.56 Å². The molecule has 0 aliphatic rings. The van der Waals surface area contributed by atoms with Gasteiger partial charge in [0.25, 0.3) is 0 Å². The molecule has 0 unspecified atom stereocenters. The number of aliphatic carboxylic acids is 1. The van der Waals surface area contributed by atoms with E-state index in [-0.39, 0.29) is 0 Å².